The number of ether oxygens (including phenoxy) is 4. The normalized spacial score (nSPS) is 14.4. The number of halogens is 1. The van der Waals surface area contributed by atoms with E-state index in [-0.39, 0.29) is 25.4 Å². The molecule has 4 aromatic rings. The molecule has 1 aromatic heterocycles. The fourth-order valence-electron chi connectivity index (χ4n) is 4.99. The Labute approximate surface area is 287 Å². The number of benzene rings is 3. The van der Waals surface area contributed by atoms with E-state index >= 15 is 0 Å². The summed E-state index contributed by atoms with van der Waals surface area (Å²) in [6.45, 7) is 3.64. The van der Waals surface area contributed by atoms with Crippen LogP contribution in [0.3, 0.4) is 0 Å². The molecule has 0 amide bonds. The highest BCUT2D eigenvalue weighted by atomic mass is 127. The van der Waals surface area contributed by atoms with Gasteiger partial charge in [-0.1, -0.05) is 53.8 Å². The van der Waals surface area contributed by atoms with Crippen molar-refractivity contribution in [3.63, 3.8) is 0 Å². The van der Waals surface area contributed by atoms with Gasteiger partial charge in [-0.3, -0.25) is 9.36 Å². The molecule has 12 heteroatoms. The van der Waals surface area contributed by atoms with E-state index < -0.39 is 18.0 Å². The van der Waals surface area contributed by atoms with Crippen LogP contribution < -0.4 is 24.4 Å². The number of aromatic nitrogens is 1. The minimum Gasteiger partial charge on any atom is -0.493 e. The number of carbonyl (C=O) groups is 2. The largest absolute Gasteiger partial charge is 0.493 e. The predicted molar refractivity (Wildman–Crippen MR) is 187 cm³/mol. The molecule has 3 aromatic carbocycles. The van der Waals surface area contributed by atoms with Crippen molar-refractivity contribution in [3.05, 3.63) is 112 Å². The number of esters is 2. The lowest BCUT2D eigenvalue weighted by Gasteiger charge is -2.26. The summed E-state index contributed by atoms with van der Waals surface area (Å²) in [6.07, 6.45) is 3.75. The summed E-state index contributed by atoms with van der Waals surface area (Å²) in [5.74, 6) is -0.218. The maximum absolute atomic E-state index is 14.2. The first-order valence-corrected chi connectivity index (χ1v) is 17.5. The second-order valence-electron chi connectivity index (χ2n) is 9.83. The molecule has 5 rings (SSSR count). The molecule has 0 aliphatic carbocycles. The molecular formula is C34H31IN2O7S2. The molecule has 9 nitrogen and oxygen atoms in total. The van der Waals surface area contributed by atoms with E-state index in [2.05, 4.69) is 22.6 Å². The summed E-state index contributed by atoms with van der Waals surface area (Å²) >= 11 is 4.94. The van der Waals surface area contributed by atoms with Gasteiger partial charge >= 0.3 is 11.9 Å². The van der Waals surface area contributed by atoms with Crippen LogP contribution in [-0.4, -0.2) is 49.7 Å². The summed E-state index contributed by atoms with van der Waals surface area (Å²) in [5.41, 5.74) is 2.65. The van der Waals surface area contributed by atoms with Crippen molar-refractivity contribution in [1.29, 1.82) is 0 Å². The smallest absolute Gasteiger partial charge is 0.344 e. The zero-order valence-electron chi connectivity index (χ0n) is 25.6. The van der Waals surface area contributed by atoms with Gasteiger partial charge in [-0.25, -0.2) is 14.6 Å². The maximum Gasteiger partial charge on any atom is 0.344 e. The monoisotopic (exact) mass is 770 g/mol. The molecule has 238 valence electrons. The van der Waals surface area contributed by atoms with E-state index in [1.165, 1.54) is 18.4 Å². The van der Waals surface area contributed by atoms with Gasteiger partial charge in [0.2, 0.25) is 0 Å². The average molecular weight is 771 g/mol. The van der Waals surface area contributed by atoms with E-state index in [9.17, 15) is 14.4 Å². The number of carbonyl (C=O) groups excluding carboxylic acids is 2. The minimum absolute atomic E-state index is 0.174. The van der Waals surface area contributed by atoms with Gasteiger partial charge < -0.3 is 18.9 Å². The highest BCUT2D eigenvalue weighted by molar-refractivity contribution is 14.1. The highest BCUT2D eigenvalue weighted by Crippen LogP contribution is 2.36. The standard InChI is InChI=1S/C34H31IN2O7S2/c1-5-42-27(38)19-44-31-24(35)16-20(17-25(31)41-3)18-26-32(39)37-30(22-12-14-23(45-4)15-13-22)28(33(40)43-6-2)29(36-34(37)46-26)21-10-8-7-9-11-21/h7-18,30H,5-6,19H2,1-4H3/b26-18-/t30-/m0/s1. The van der Waals surface area contributed by atoms with Gasteiger partial charge in [0.05, 0.1) is 45.7 Å². The summed E-state index contributed by atoms with van der Waals surface area (Å²) in [7, 11) is 1.50. The first-order chi connectivity index (χ1) is 22.3. The quantitative estimate of drug-likeness (QED) is 0.116. The van der Waals surface area contributed by atoms with Crippen LogP contribution in [0.4, 0.5) is 0 Å². The number of methoxy groups -OCH3 is 1. The molecule has 0 spiro atoms. The summed E-state index contributed by atoms with van der Waals surface area (Å²) in [4.78, 5) is 46.2. The average Bonchev–Trinajstić information content (AvgIpc) is 3.37. The number of fused-ring (bicyclic) bond motifs is 1. The summed E-state index contributed by atoms with van der Waals surface area (Å²) in [6, 6.07) is 20.1. The van der Waals surface area contributed by atoms with Crippen LogP contribution in [0.2, 0.25) is 0 Å². The lowest BCUT2D eigenvalue weighted by atomic mass is 9.93. The SMILES string of the molecule is CCOC(=O)COc1c(I)cc(/C=c2\sc3n(c2=O)[C@@H](c2ccc(SC)cc2)C(C(=O)OCC)=C(c2ccccc2)N=3)cc1OC. The Hall–Kier alpha value is -3.88. The third-order valence-electron chi connectivity index (χ3n) is 6.99. The van der Waals surface area contributed by atoms with Gasteiger partial charge in [0.15, 0.2) is 22.9 Å². The second kappa shape index (κ2) is 15.1. The maximum atomic E-state index is 14.2. The van der Waals surface area contributed by atoms with Gasteiger partial charge in [0.25, 0.3) is 5.56 Å². The summed E-state index contributed by atoms with van der Waals surface area (Å²) in [5, 5.41) is 0. The Morgan fingerprint density at radius 2 is 1.76 bits per heavy atom. The molecule has 2 heterocycles. The van der Waals surface area contributed by atoms with Crippen molar-refractivity contribution in [1.82, 2.24) is 4.57 Å². The second-order valence-corrected chi connectivity index (χ2v) is 12.9. The van der Waals surface area contributed by atoms with Crippen molar-refractivity contribution < 1.29 is 28.5 Å². The number of rotatable bonds is 11. The van der Waals surface area contributed by atoms with E-state index in [1.54, 1.807) is 42.3 Å². The topological polar surface area (TPSA) is 105 Å². The third-order valence-corrected chi connectivity index (χ3v) is 9.52. The predicted octanol–water partition coefficient (Wildman–Crippen LogP) is 5.21. The fraction of sp³-hybridized carbons (Fsp3) is 0.235. The fourth-order valence-corrected chi connectivity index (χ4v) is 7.18. The van der Waals surface area contributed by atoms with E-state index in [4.69, 9.17) is 23.9 Å². The number of thioether (sulfide) groups is 1. The minimum atomic E-state index is -0.767. The highest BCUT2D eigenvalue weighted by Gasteiger charge is 2.35. The molecule has 1 atom stereocenters. The van der Waals surface area contributed by atoms with Crippen LogP contribution in [-0.2, 0) is 19.1 Å². The Balaban J connectivity index is 1.69. The number of hydrogen-bond acceptors (Lipinski definition) is 10. The third kappa shape index (κ3) is 7.08. The van der Waals surface area contributed by atoms with E-state index in [0.29, 0.717) is 41.2 Å². The van der Waals surface area contributed by atoms with E-state index in [1.807, 2.05) is 66.9 Å². The Kier molecular flexibility index (Phi) is 11.0. The lowest BCUT2D eigenvalue weighted by molar-refractivity contribution is -0.145. The van der Waals surface area contributed by atoms with Crippen LogP contribution in [0.15, 0.2) is 87.0 Å². The van der Waals surface area contributed by atoms with Gasteiger partial charge in [0.1, 0.15) is 0 Å². The number of thiazole rings is 1. The zero-order valence-corrected chi connectivity index (χ0v) is 29.4. The molecule has 0 saturated carbocycles. The molecule has 0 bridgehead atoms. The Bertz CT molecular complexity index is 1970. The van der Waals surface area contributed by atoms with Gasteiger partial charge in [-0.2, -0.15) is 0 Å². The molecule has 46 heavy (non-hydrogen) atoms. The molecule has 0 radical (unpaired) electrons. The zero-order chi connectivity index (χ0) is 32.8. The molecule has 0 N–H and O–H groups in total. The Morgan fingerprint density at radius 3 is 2.41 bits per heavy atom. The first-order valence-electron chi connectivity index (χ1n) is 14.4. The van der Waals surface area contributed by atoms with Crippen molar-refractivity contribution in [2.75, 3.05) is 33.2 Å². The molecule has 0 unspecified atom stereocenters. The van der Waals surface area contributed by atoms with Crippen LogP contribution in [0, 0.1) is 3.57 Å². The van der Waals surface area contributed by atoms with Crippen molar-refractivity contribution in [2.24, 2.45) is 4.99 Å². The van der Waals surface area contributed by atoms with Gasteiger partial charge in [0, 0.05) is 10.5 Å². The van der Waals surface area contributed by atoms with E-state index in [0.717, 1.165) is 16.0 Å². The first kappa shape index (κ1) is 33.5. The van der Waals surface area contributed by atoms with Crippen LogP contribution >= 0.6 is 45.7 Å². The van der Waals surface area contributed by atoms with Crippen molar-refractivity contribution in [3.8, 4) is 11.5 Å². The van der Waals surface area contributed by atoms with Crippen molar-refractivity contribution in [2.45, 2.75) is 24.8 Å². The number of hydrogen-bond donors (Lipinski definition) is 0. The van der Waals surface area contributed by atoms with Crippen molar-refractivity contribution >= 4 is 69.4 Å². The number of nitrogens with zero attached hydrogens (tertiary/aromatic N) is 2. The molecule has 1 aliphatic rings. The summed E-state index contributed by atoms with van der Waals surface area (Å²) < 4.78 is 24.5. The lowest BCUT2D eigenvalue weighted by Crippen LogP contribution is -2.40. The van der Waals surface area contributed by atoms with Crippen LogP contribution in [0.1, 0.15) is 36.6 Å². The molecule has 1 aliphatic heterocycles. The molecule has 0 saturated heterocycles. The van der Waals surface area contributed by atoms with Crippen LogP contribution in [0.5, 0.6) is 11.5 Å². The Morgan fingerprint density at radius 1 is 1.04 bits per heavy atom. The molecule has 0 fully saturated rings. The van der Waals surface area contributed by atoms with Gasteiger partial charge in [-0.05, 0) is 84.2 Å². The van der Waals surface area contributed by atoms with Gasteiger partial charge in [-0.15, -0.1) is 11.8 Å². The van der Waals surface area contributed by atoms with Crippen LogP contribution in [0.25, 0.3) is 11.8 Å². The molecular weight excluding hydrogens is 739 g/mol.